The van der Waals surface area contributed by atoms with Gasteiger partial charge in [0.05, 0.1) is 12.7 Å². The number of rotatable bonds is 1. The molecule has 0 spiro atoms. The average Bonchev–Trinajstić information content (AvgIpc) is 2.57. The summed E-state index contributed by atoms with van der Waals surface area (Å²) in [7, 11) is 1.35. The molecule has 0 radical (unpaired) electrons. The van der Waals surface area contributed by atoms with E-state index in [9.17, 15) is 9.90 Å². The van der Waals surface area contributed by atoms with Crippen LogP contribution in [0.3, 0.4) is 0 Å². The fourth-order valence-electron chi connectivity index (χ4n) is 5.01. The van der Waals surface area contributed by atoms with Gasteiger partial charge in [-0.2, -0.15) is 0 Å². The highest BCUT2D eigenvalue weighted by atomic mass is 16.5. The van der Waals surface area contributed by atoms with Crippen LogP contribution in [-0.4, -0.2) is 28.8 Å². The monoisotopic (exact) mass is 311 g/mol. The summed E-state index contributed by atoms with van der Waals surface area (Å²) in [4.78, 5) is 15.8. The Morgan fingerprint density at radius 3 is 2.52 bits per heavy atom. The molecule has 0 aliphatic heterocycles. The number of hydrogen-bond donors (Lipinski definition) is 1. The topological polar surface area (TPSA) is 59.4 Å². The Kier molecular flexibility index (Phi) is 3.42. The lowest BCUT2D eigenvalue weighted by Crippen LogP contribution is -2.56. The molecule has 1 N–H and O–H groups in total. The van der Waals surface area contributed by atoms with Crippen LogP contribution in [0.25, 0.3) is 0 Å². The first kappa shape index (κ1) is 14.7. The number of aromatic nitrogens is 1. The highest BCUT2D eigenvalue weighted by Crippen LogP contribution is 2.58. The van der Waals surface area contributed by atoms with E-state index in [1.807, 2.05) is 0 Å². The molecule has 0 amide bonds. The summed E-state index contributed by atoms with van der Waals surface area (Å²) in [6.07, 6.45) is 7.32. The first-order chi connectivity index (χ1) is 11.1. The molecule has 0 unspecified atom stereocenters. The van der Waals surface area contributed by atoms with Crippen molar-refractivity contribution in [3.63, 3.8) is 0 Å². The average molecular weight is 311 g/mol. The summed E-state index contributed by atoms with van der Waals surface area (Å²) in [6.45, 7) is 0. The van der Waals surface area contributed by atoms with Gasteiger partial charge in [-0.05, 0) is 73.8 Å². The molecule has 4 saturated carbocycles. The van der Waals surface area contributed by atoms with Gasteiger partial charge in [-0.25, -0.2) is 9.78 Å². The summed E-state index contributed by atoms with van der Waals surface area (Å²) in [5.74, 6) is 7.93. The maximum absolute atomic E-state index is 11.6. The maximum Gasteiger partial charge on any atom is 0.338 e. The molecule has 1 aromatic rings. The Bertz CT molecular complexity index is 672. The molecule has 120 valence electrons. The van der Waals surface area contributed by atoms with Gasteiger partial charge in [0.1, 0.15) is 11.3 Å². The molecular formula is C19H21NO3. The van der Waals surface area contributed by atoms with E-state index in [1.54, 1.807) is 18.3 Å². The molecule has 23 heavy (non-hydrogen) atoms. The fourth-order valence-corrected chi connectivity index (χ4v) is 5.01. The van der Waals surface area contributed by atoms with Crippen molar-refractivity contribution >= 4 is 5.97 Å². The minimum atomic E-state index is -0.879. The van der Waals surface area contributed by atoms with Crippen molar-refractivity contribution in [3.8, 4) is 11.8 Å². The van der Waals surface area contributed by atoms with Crippen molar-refractivity contribution in [2.45, 2.75) is 37.7 Å². The van der Waals surface area contributed by atoms with E-state index in [0.717, 1.165) is 37.5 Å². The zero-order valence-corrected chi connectivity index (χ0v) is 13.3. The van der Waals surface area contributed by atoms with Crippen LogP contribution >= 0.6 is 0 Å². The van der Waals surface area contributed by atoms with Crippen molar-refractivity contribution in [2.24, 2.45) is 23.7 Å². The van der Waals surface area contributed by atoms with Crippen LogP contribution in [-0.2, 0) is 4.74 Å². The highest BCUT2D eigenvalue weighted by molar-refractivity contribution is 5.89. The van der Waals surface area contributed by atoms with Crippen molar-refractivity contribution < 1.29 is 14.6 Å². The third-order valence-corrected chi connectivity index (χ3v) is 5.95. The number of carbonyl (C=O) groups is 1. The number of nitrogens with zero attached hydrogens (tertiary/aromatic N) is 1. The maximum atomic E-state index is 11.6. The van der Waals surface area contributed by atoms with Gasteiger partial charge < -0.3 is 9.84 Å². The van der Waals surface area contributed by atoms with Gasteiger partial charge in [-0.1, -0.05) is 5.92 Å². The zero-order chi connectivity index (χ0) is 16.0. The van der Waals surface area contributed by atoms with Crippen molar-refractivity contribution in [1.82, 2.24) is 4.98 Å². The number of methoxy groups -OCH3 is 1. The quantitative estimate of drug-likeness (QED) is 0.639. The minimum Gasteiger partial charge on any atom is -0.465 e. The largest absolute Gasteiger partial charge is 0.465 e. The molecule has 0 saturated heterocycles. The molecule has 1 heterocycles. The van der Waals surface area contributed by atoms with Gasteiger partial charge in [-0.3, -0.25) is 0 Å². The SMILES string of the molecule is COC(=O)c1ccnc(C#CC2(O)C3CC4CC(C3)CC2C4)c1. The van der Waals surface area contributed by atoms with Crippen LogP contribution in [0.1, 0.15) is 48.2 Å². The Morgan fingerprint density at radius 2 is 1.91 bits per heavy atom. The first-order valence-electron chi connectivity index (χ1n) is 8.38. The van der Waals surface area contributed by atoms with Crippen LogP contribution in [0, 0.1) is 35.5 Å². The second kappa shape index (κ2) is 5.35. The lowest BCUT2D eigenvalue weighted by Gasteiger charge is -2.56. The predicted molar refractivity (Wildman–Crippen MR) is 84.4 cm³/mol. The van der Waals surface area contributed by atoms with Gasteiger partial charge in [0.2, 0.25) is 0 Å². The van der Waals surface area contributed by atoms with Gasteiger partial charge in [0.25, 0.3) is 0 Å². The fraction of sp³-hybridized carbons (Fsp3) is 0.579. The van der Waals surface area contributed by atoms with Gasteiger partial charge in [0, 0.05) is 6.20 Å². The number of hydrogen-bond acceptors (Lipinski definition) is 4. The van der Waals surface area contributed by atoms with E-state index in [-0.39, 0.29) is 0 Å². The molecule has 4 heteroatoms. The molecule has 1 aromatic heterocycles. The Hall–Kier alpha value is -1.86. The molecule has 5 rings (SSSR count). The van der Waals surface area contributed by atoms with E-state index in [0.29, 0.717) is 23.1 Å². The molecule has 4 fully saturated rings. The summed E-state index contributed by atoms with van der Waals surface area (Å²) in [5, 5.41) is 11.2. The lowest BCUT2D eigenvalue weighted by atomic mass is 9.50. The molecule has 4 aliphatic carbocycles. The van der Waals surface area contributed by atoms with Crippen LogP contribution in [0.5, 0.6) is 0 Å². The summed E-state index contributed by atoms with van der Waals surface area (Å²) in [5.41, 5.74) is 0.0649. The van der Waals surface area contributed by atoms with Crippen LogP contribution in [0.4, 0.5) is 0 Å². The second-order valence-corrected chi connectivity index (χ2v) is 7.30. The van der Waals surface area contributed by atoms with E-state index in [2.05, 4.69) is 16.8 Å². The van der Waals surface area contributed by atoms with E-state index >= 15 is 0 Å². The number of esters is 1. The number of carbonyl (C=O) groups excluding carboxylic acids is 1. The van der Waals surface area contributed by atoms with Crippen molar-refractivity contribution in [1.29, 1.82) is 0 Å². The van der Waals surface area contributed by atoms with Gasteiger partial charge in [-0.15, -0.1) is 0 Å². The van der Waals surface area contributed by atoms with E-state index in [4.69, 9.17) is 4.74 Å². The van der Waals surface area contributed by atoms with Gasteiger partial charge >= 0.3 is 5.97 Å². The number of aliphatic hydroxyl groups is 1. The standard InChI is InChI=1S/C19H21NO3/c1-23-18(21)14-3-5-20-17(11-14)2-4-19(22)15-7-12-6-13(9-15)10-16(19)8-12/h3,5,11-13,15-16,22H,6-10H2,1H3. The normalized spacial score (nSPS) is 37.1. The van der Waals surface area contributed by atoms with E-state index < -0.39 is 11.6 Å². The third kappa shape index (κ3) is 2.44. The molecule has 4 bridgehead atoms. The molecule has 0 atom stereocenters. The van der Waals surface area contributed by atoms with Crippen molar-refractivity contribution in [2.75, 3.05) is 7.11 Å². The second-order valence-electron chi connectivity index (χ2n) is 7.30. The molecule has 0 aromatic carbocycles. The summed E-state index contributed by atoms with van der Waals surface area (Å²) in [6, 6.07) is 3.23. The smallest absolute Gasteiger partial charge is 0.338 e. The van der Waals surface area contributed by atoms with Crippen LogP contribution in [0.15, 0.2) is 18.3 Å². The van der Waals surface area contributed by atoms with E-state index in [1.165, 1.54) is 13.5 Å². The zero-order valence-electron chi connectivity index (χ0n) is 13.3. The van der Waals surface area contributed by atoms with Crippen molar-refractivity contribution in [3.05, 3.63) is 29.6 Å². The Balaban J connectivity index is 1.61. The molecular weight excluding hydrogens is 290 g/mol. The Labute approximate surface area is 136 Å². The summed E-state index contributed by atoms with van der Waals surface area (Å²) >= 11 is 0. The number of pyridine rings is 1. The van der Waals surface area contributed by atoms with Gasteiger partial charge in [0.15, 0.2) is 0 Å². The first-order valence-corrected chi connectivity index (χ1v) is 8.38. The van der Waals surface area contributed by atoms with Crippen LogP contribution in [0.2, 0.25) is 0 Å². The Morgan fingerprint density at radius 1 is 1.26 bits per heavy atom. The van der Waals surface area contributed by atoms with Crippen LogP contribution < -0.4 is 0 Å². The summed E-state index contributed by atoms with van der Waals surface area (Å²) < 4.78 is 4.72. The molecule has 4 nitrogen and oxygen atoms in total. The lowest BCUT2D eigenvalue weighted by molar-refractivity contribution is -0.136. The number of ether oxygens (including phenoxy) is 1. The molecule has 4 aliphatic rings. The third-order valence-electron chi connectivity index (χ3n) is 5.95. The highest BCUT2D eigenvalue weighted by Gasteiger charge is 2.55. The minimum absolute atomic E-state index is 0.301. The predicted octanol–water partition coefficient (Wildman–Crippen LogP) is 2.41.